The minimum absolute atomic E-state index is 0.0110. The molecule has 0 aromatic heterocycles. The van der Waals surface area contributed by atoms with Crippen LogP contribution in [0.3, 0.4) is 0 Å². The largest absolute Gasteiger partial charge is 0.329 e. The highest BCUT2D eigenvalue weighted by Crippen LogP contribution is 2.50. The Bertz CT molecular complexity index is 1220. The first-order valence-electron chi connectivity index (χ1n) is 14.2. The van der Waals surface area contributed by atoms with Crippen LogP contribution in [0.1, 0.15) is 70.9 Å². The Balaban J connectivity index is 1.21. The molecule has 1 spiro atoms. The molecule has 10 nitrogen and oxygen atoms in total. The molecule has 5 rings (SSSR count). The highest BCUT2D eigenvalue weighted by molar-refractivity contribution is 8.22. The number of amidine groups is 1. The number of nitrogens with zero attached hydrogens (tertiary/aromatic N) is 3. The number of aliphatic imine (C=N–C) groups is 1. The number of imide groups is 1. The Labute approximate surface area is 238 Å². The zero-order valence-corrected chi connectivity index (χ0v) is 25.1. The van der Waals surface area contributed by atoms with Crippen LogP contribution in [-0.4, -0.2) is 68.0 Å². The second-order valence-electron chi connectivity index (χ2n) is 13.6. The number of hydrogen-bond donors (Lipinski definition) is 4. The Morgan fingerprint density at radius 3 is 2.27 bits per heavy atom. The molecule has 0 unspecified atom stereocenters. The third-order valence-corrected chi connectivity index (χ3v) is 10.9. The summed E-state index contributed by atoms with van der Waals surface area (Å²) in [5, 5.41) is 5.64. The van der Waals surface area contributed by atoms with Crippen LogP contribution in [-0.2, 0) is 16.0 Å². The van der Waals surface area contributed by atoms with Gasteiger partial charge in [-0.05, 0) is 79.5 Å². The summed E-state index contributed by atoms with van der Waals surface area (Å²) in [5.41, 5.74) is 1.86. The third-order valence-electron chi connectivity index (χ3n) is 8.98. The molecule has 3 aliphatic heterocycles. The summed E-state index contributed by atoms with van der Waals surface area (Å²) in [5.74, 6) is 0.857. The van der Waals surface area contributed by atoms with E-state index in [-0.39, 0.29) is 40.9 Å². The monoisotopic (exact) mass is 573 g/mol. The number of carbonyl (C=O) groups is 3. The summed E-state index contributed by atoms with van der Waals surface area (Å²) in [6.45, 7) is 11.8. The molecule has 1 aromatic rings. The minimum atomic E-state index is -3.05. The molecule has 40 heavy (non-hydrogen) atoms. The van der Waals surface area contributed by atoms with Gasteiger partial charge in [0.15, 0.2) is 0 Å². The van der Waals surface area contributed by atoms with E-state index in [2.05, 4.69) is 38.3 Å². The van der Waals surface area contributed by atoms with E-state index < -0.39 is 22.3 Å². The SMILES string of the molecule is Cc1cc(N2C(=O)CNC2=O)ccc1CCS(O)(O)N1CCC2(CC1)N=C(C1CC(C)(C)CC(C)(C)C1)NC2=O. The van der Waals surface area contributed by atoms with E-state index in [0.29, 0.717) is 38.0 Å². The zero-order valence-electron chi connectivity index (χ0n) is 24.2. The molecule has 0 atom stereocenters. The molecule has 0 bridgehead atoms. The molecule has 4 N–H and O–H groups in total. The van der Waals surface area contributed by atoms with Gasteiger partial charge in [-0.1, -0.05) is 33.8 Å². The van der Waals surface area contributed by atoms with Crippen LogP contribution in [0.25, 0.3) is 0 Å². The van der Waals surface area contributed by atoms with Crippen molar-refractivity contribution in [3.05, 3.63) is 29.3 Å². The average Bonchev–Trinajstić information content (AvgIpc) is 3.35. The third kappa shape index (κ3) is 5.66. The van der Waals surface area contributed by atoms with Gasteiger partial charge < -0.3 is 10.6 Å². The lowest BCUT2D eigenvalue weighted by atomic mass is 9.61. The molecule has 1 saturated carbocycles. The van der Waals surface area contributed by atoms with Crippen LogP contribution in [0.2, 0.25) is 0 Å². The number of piperidine rings is 1. The number of nitrogens with one attached hydrogen (secondary N) is 2. The van der Waals surface area contributed by atoms with E-state index in [9.17, 15) is 23.5 Å². The van der Waals surface area contributed by atoms with Crippen LogP contribution in [0.4, 0.5) is 10.5 Å². The van der Waals surface area contributed by atoms with Crippen LogP contribution in [0.5, 0.6) is 0 Å². The van der Waals surface area contributed by atoms with E-state index in [1.165, 1.54) is 0 Å². The summed E-state index contributed by atoms with van der Waals surface area (Å²) < 4.78 is 23.9. The van der Waals surface area contributed by atoms with Gasteiger partial charge in [-0.2, -0.15) is 0 Å². The molecule has 1 aliphatic carbocycles. The van der Waals surface area contributed by atoms with Crippen molar-refractivity contribution in [3.8, 4) is 0 Å². The summed E-state index contributed by atoms with van der Waals surface area (Å²) in [6, 6.07) is 4.88. The Morgan fingerprint density at radius 1 is 1.05 bits per heavy atom. The molecule has 3 heterocycles. The van der Waals surface area contributed by atoms with E-state index in [4.69, 9.17) is 4.99 Å². The fourth-order valence-corrected chi connectivity index (χ4v) is 8.94. The number of carbonyl (C=O) groups excluding carboxylic acids is 3. The van der Waals surface area contributed by atoms with Crippen molar-refractivity contribution >= 4 is 40.1 Å². The number of aryl methyl sites for hydroxylation is 2. The lowest BCUT2D eigenvalue weighted by Gasteiger charge is -2.47. The van der Waals surface area contributed by atoms with Gasteiger partial charge in [0.25, 0.3) is 11.8 Å². The molecule has 220 valence electrons. The minimum Gasteiger partial charge on any atom is -0.328 e. The number of hydrogen-bond acceptors (Lipinski definition) is 7. The maximum absolute atomic E-state index is 13.2. The van der Waals surface area contributed by atoms with Gasteiger partial charge in [-0.15, -0.1) is 10.8 Å². The van der Waals surface area contributed by atoms with E-state index in [0.717, 1.165) is 41.1 Å². The lowest BCUT2D eigenvalue weighted by molar-refractivity contribution is -0.125. The summed E-state index contributed by atoms with van der Waals surface area (Å²) in [6.07, 6.45) is 4.50. The molecule has 0 radical (unpaired) electrons. The van der Waals surface area contributed by atoms with Gasteiger partial charge in [0, 0.05) is 19.0 Å². The predicted octanol–water partition coefficient (Wildman–Crippen LogP) is 4.47. The van der Waals surface area contributed by atoms with Gasteiger partial charge in [0.2, 0.25) is 0 Å². The summed E-state index contributed by atoms with van der Waals surface area (Å²) in [7, 11) is -3.05. The number of urea groups is 1. The first kappa shape index (κ1) is 29.0. The fraction of sp³-hybridized carbons (Fsp3) is 0.655. The lowest BCUT2D eigenvalue weighted by Crippen LogP contribution is -2.50. The molecule has 4 amide bonds. The molecule has 11 heteroatoms. The Morgan fingerprint density at radius 2 is 1.70 bits per heavy atom. The first-order chi connectivity index (χ1) is 18.6. The molecule has 3 fully saturated rings. The maximum Gasteiger partial charge on any atom is 0.329 e. The highest BCUT2D eigenvalue weighted by Gasteiger charge is 2.50. The maximum atomic E-state index is 13.2. The van der Waals surface area contributed by atoms with Crippen molar-refractivity contribution < 1.29 is 23.5 Å². The van der Waals surface area contributed by atoms with Gasteiger partial charge in [0.05, 0.1) is 18.0 Å². The van der Waals surface area contributed by atoms with Crippen molar-refractivity contribution in [2.75, 3.05) is 30.3 Å². The van der Waals surface area contributed by atoms with Crippen molar-refractivity contribution in [2.24, 2.45) is 21.7 Å². The fourth-order valence-electron chi connectivity index (χ4n) is 7.42. The normalized spacial score (nSPS) is 25.2. The van der Waals surface area contributed by atoms with Crippen molar-refractivity contribution in [2.45, 2.75) is 78.7 Å². The number of anilines is 1. The van der Waals surface area contributed by atoms with Gasteiger partial charge in [0.1, 0.15) is 11.4 Å². The van der Waals surface area contributed by atoms with Crippen molar-refractivity contribution in [1.29, 1.82) is 0 Å². The van der Waals surface area contributed by atoms with Crippen molar-refractivity contribution in [3.63, 3.8) is 0 Å². The van der Waals surface area contributed by atoms with E-state index in [1.807, 2.05) is 13.0 Å². The number of rotatable bonds is 6. The zero-order chi connectivity index (χ0) is 29.1. The molecule has 2 saturated heterocycles. The van der Waals surface area contributed by atoms with E-state index >= 15 is 0 Å². The average molecular weight is 574 g/mol. The molecular formula is C29H43N5O5S. The molecular weight excluding hydrogens is 530 g/mol. The van der Waals surface area contributed by atoms with Gasteiger partial charge in [-0.3, -0.25) is 23.7 Å². The summed E-state index contributed by atoms with van der Waals surface area (Å²) in [4.78, 5) is 43.3. The Hall–Kier alpha value is -2.47. The van der Waals surface area contributed by atoms with Gasteiger partial charge >= 0.3 is 6.03 Å². The number of benzene rings is 1. The van der Waals surface area contributed by atoms with Crippen molar-refractivity contribution in [1.82, 2.24) is 14.9 Å². The number of amides is 4. The second-order valence-corrected chi connectivity index (χ2v) is 15.8. The standard InChI is InChI=1S/C29H43N5O5S/c1-19-14-22(34-23(35)17-30-26(34)37)7-6-20(19)8-13-40(38,39)33-11-9-29(10-12-33)25(36)31-24(32-29)21-15-27(2,3)18-28(4,5)16-21/h6-7,14,21,38-39H,8-13,15-18H2,1-5H3,(H,30,37)(H,31,32,36). The van der Waals surface area contributed by atoms with E-state index in [1.54, 1.807) is 16.4 Å². The first-order valence-corrected chi connectivity index (χ1v) is 15.9. The quantitative estimate of drug-likeness (QED) is 0.371. The smallest absolute Gasteiger partial charge is 0.328 e. The van der Waals surface area contributed by atoms with Crippen LogP contribution >= 0.6 is 10.8 Å². The van der Waals surface area contributed by atoms with Crippen LogP contribution in [0, 0.1) is 23.7 Å². The predicted molar refractivity (Wildman–Crippen MR) is 158 cm³/mol. The molecule has 1 aromatic carbocycles. The topological polar surface area (TPSA) is 135 Å². The Kier molecular flexibility index (Phi) is 7.34. The van der Waals surface area contributed by atoms with Gasteiger partial charge in [-0.25, -0.2) is 14.0 Å². The summed E-state index contributed by atoms with van der Waals surface area (Å²) >= 11 is 0. The van der Waals surface area contributed by atoms with Crippen LogP contribution < -0.4 is 15.5 Å². The highest BCUT2D eigenvalue weighted by atomic mass is 32.3. The van der Waals surface area contributed by atoms with Crippen LogP contribution in [0.15, 0.2) is 23.2 Å². The second kappa shape index (κ2) is 10.1. The molecule has 4 aliphatic rings.